The monoisotopic (exact) mass is 226 g/mol. The first-order valence-electron chi connectivity index (χ1n) is 6.50. The van der Waals surface area contributed by atoms with Crippen molar-refractivity contribution in [3.05, 3.63) is 0 Å². The van der Waals surface area contributed by atoms with Gasteiger partial charge in [-0.05, 0) is 19.3 Å². The van der Waals surface area contributed by atoms with Crippen LogP contribution in [0.1, 0.15) is 58.3 Å². The van der Waals surface area contributed by atoms with E-state index in [9.17, 15) is 0 Å². The highest BCUT2D eigenvalue weighted by atomic mass is 16.7. The highest BCUT2D eigenvalue weighted by molar-refractivity contribution is 4.82. The van der Waals surface area contributed by atoms with Gasteiger partial charge in [-0.1, -0.05) is 32.6 Å². The summed E-state index contributed by atoms with van der Waals surface area (Å²) in [7, 11) is 0. The molecule has 0 aromatic heterocycles. The van der Waals surface area contributed by atoms with Gasteiger partial charge in [-0.2, -0.15) is 0 Å². The van der Waals surface area contributed by atoms with Crippen LogP contribution in [0.3, 0.4) is 0 Å². The zero-order chi connectivity index (χ0) is 11.9. The van der Waals surface area contributed by atoms with Crippen molar-refractivity contribution in [2.45, 2.75) is 58.3 Å². The van der Waals surface area contributed by atoms with Gasteiger partial charge in [0.1, 0.15) is 6.79 Å². The molecule has 0 aromatic rings. The minimum Gasteiger partial charge on any atom is -0.355 e. The largest absolute Gasteiger partial charge is 0.355 e. The molecule has 0 unspecified atom stereocenters. The molecule has 0 saturated heterocycles. The van der Waals surface area contributed by atoms with E-state index in [1.807, 2.05) is 0 Å². The standard InChI is InChI=1S/C14H26O2/c1-3-5-7-9-11-13-16-14-15-12-10-8-6-4-2/h2H,3,5-14H2,1H3. The Labute approximate surface area is 101 Å². The summed E-state index contributed by atoms with van der Waals surface area (Å²) in [5, 5.41) is 0. The Morgan fingerprint density at radius 2 is 1.50 bits per heavy atom. The fourth-order valence-electron chi connectivity index (χ4n) is 1.42. The Kier molecular flexibility index (Phi) is 14.0. The molecule has 2 heteroatoms. The molecular formula is C14H26O2. The third-order valence-electron chi connectivity index (χ3n) is 2.42. The number of hydrogen-bond acceptors (Lipinski definition) is 2. The number of unbranched alkanes of at least 4 members (excludes halogenated alkanes) is 6. The van der Waals surface area contributed by atoms with E-state index in [1.165, 1.54) is 25.7 Å². The highest BCUT2D eigenvalue weighted by Crippen LogP contribution is 2.02. The van der Waals surface area contributed by atoms with E-state index in [0.717, 1.165) is 38.9 Å². The maximum Gasteiger partial charge on any atom is 0.146 e. The van der Waals surface area contributed by atoms with E-state index in [4.69, 9.17) is 15.9 Å². The average molecular weight is 226 g/mol. The summed E-state index contributed by atoms with van der Waals surface area (Å²) in [5.41, 5.74) is 0. The molecule has 0 N–H and O–H groups in total. The number of hydrogen-bond donors (Lipinski definition) is 0. The lowest BCUT2D eigenvalue weighted by atomic mass is 10.2. The SMILES string of the molecule is C#CCCCCOCOCCCCCCC. The Hall–Kier alpha value is -0.520. The van der Waals surface area contributed by atoms with Crippen LogP contribution in [0.2, 0.25) is 0 Å². The van der Waals surface area contributed by atoms with Crippen LogP contribution in [0.25, 0.3) is 0 Å². The molecule has 94 valence electrons. The molecule has 0 amide bonds. The van der Waals surface area contributed by atoms with Crippen molar-refractivity contribution in [2.24, 2.45) is 0 Å². The summed E-state index contributed by atoms with van der Waals surface area (Å²) in [6.07, 6.45) is 14.5. The molecule has 0 saturated carbocycles. The van der Waals surface area contributed by atoms with E-state index in [-0.39, 0.29) is 0 Å². The maximum absolute atomic E-state index is 5.36. The molecule has 0 spiro atoms. The predicted molar refractivity (Wildman–Crippen MR) is 68.2 cm³/mol. The van der Waals surface area contributed by atoms with Gasteiger partial charge in [-0.15, -0.1) is 12.3 Å². The van der Waals surface area contributed by atoms with Crippen molar-refractivity contribution in [3.8, 4) is 12.3 Å². The topological polar surface area (TPSA) is 18.5 Å². The van der Waals surface area contributed by atoms with Crippen LogP contribution in [0.15, 0.2) is 0 Å². The minimum absolute atomic E-state index is 0.434. The summed E-state index contributed by atoms with van der Waals surface area (Å²) < 4.78 is 10.7. The first-order valence-corrected chi connectivity index (χ1v) is 6.50. The van der Waals surface area contributed by atoms with E-state index in [1.54, 1.807) is 0 Å². The lowest BCUT2D eigenvalue weighted by molar-refractivity contribution is -0.0554. The second-order valence-corrected chi connectivity index (χ2v) is 4.01. The van der Waals surface area contributed by atoms with E-state index in [0.29, 0.717) is 6.79 Å². The minimum atomic E-state index is 0.434. The second kappa shape index (κ2) is 14.5. The van der Waals surface area contributed by atoms with Crippen molar-refractivity contribution in [2.75, 3.05) is 20.0 Å². The highest BCUT2D eigenvalue weighted by Gasteiger charge is 1.91. The van der Waals surface area contributed by atoms with Gasteiger partial charge in [0, 0.05) is 19.6 Å². The first kappa shape index (κ1) is 15.5. The van der Waals surface area contributed by atoms with E-state index in [2.05, 4.69) is 12.8 Å². The number of terminal acetylenes is 1. The van der Waals surface area contributed by atoms with Crippen molar-refractivity contribution >= 4 is 0 Å². The van der Waals surface area contributed by atoms with Gasteiger partial charge in [0.05, 0.1) is 0 Å². The third kappa shape index (κ3) is 13.5. The van der Waals surface area contributed by atoms with Crippen LogP contribution >= 0.6 is 0 Å². The Morgan fingerprint density at radius 1 is 0.875 bits per heavy atom. The molecule has 0 aliphatic carbocycles. The van der Waals surface area contributed by atoms with Crippen LogP contribution < -0.4 is 0 Å². The summed E-state index contributed by atoms with van der Waals surface area (Å²) in [4.78, 5) is 0. The van der Waals surface area contributed by atoms with Crippen LogP contribution in [0.4, 0.5) is 0 Å². The Bertz CT molecular complexity index is 161. The average Bonchev–Trinajstić information content (AvgIpc) is 2.31. The number of rotatable bonds is 12. The molecule has 0 fully saturated rings. The lowest BCUT2D eigenvalue weighted by Gasteiger charge is -2.05. The normalized spacial score (nSPS) is 10.2. The van der Waals surface area contributed by atoms with Gasteiger partial charge < -0.3 is 9.47 Å². The van der Waals surface area contributed by atoms with Gasteiger partial charge in [0.25, 0.3) is 0 Å². The molecule has 2 nitrogen and oxygen atoms in total. The third-order valence-corrected chi connectivity index (χ3v) is 2.42. The van der Waals surface area contributed by atoms with Crippen LogP contribution in [0, 0.1) is 12.3 Å². The van der Waals surface area contributed by atoms with E-state index >= 15 is 0 Å². The van der Waals surface area contributed by atoms with Gasteiger partial charge in [-0.3, -0.25) is 0 Å². The van der Waals surface area contributed by atoms with Gasteiger partial charge >= 0.3 is 0 Å². The summed E-state index contributed by atoms with van der Waals surface area (Å²) in [6, 6.07) is 0. The molecular weight excluding hydrogens is 200 g/mol. The molecule has 0 aliphatic heterocycles. The first-order chi connectivity index (χ1) is 7.91. The van der Waals surface area contributed by atoms with Crippen LogP contribution in [0.5, 0.6) is 0 Å². The zero-order valence-corrected chi connectivity index (χ0v) is 10.7. The summed E-state index contributed by atoms with van der Waals surface area (Å²) >= 11 is 0. The Balaban J connectivity index is 2.86. The Morgan fingerprint density at radius 3 is 2.12 bits per heavy atom. The summed E-state index contributed by atoms with van der Waals surface area (Å²) in [5.74, 6) is 2.62. The van der Waals surface area contributed by atoms with Crippen molar-refractivity contribution in [1.82, 2.24) is 0 Å². The number of ether oxygens (including phenoxy) is 2. The van der Waals surface area contributed by atoms with Crippen molar-refractivity contribution < 1.29 is 9.47 Å². The fourth-order valence-corrected chi connectivity index (χ4v) is 1.42. The van der Waals surface area contributed by atoms with Gasteiger partial charge in [0.2, 0.25) is 0 Å². The maximum atomic E-state index is 5.36. The fraction of sp³-hybridized carbons (Fsp3) is 0.857. The zero-order valence-electron chi connectivity index (χ0n) is 10.7. The van der Waals surface area contributed by atoms with Crippen LogP contribution in [-0.2, 0) is 9.47 Å². The molecule has 0 atom stereocenters. The van der Waals surface area contributed by atoms with Crippen molar-refractivity contribution in [1.29, 1.82) is 0 Å². The molecule has 0 aromatic carbocycles. The molecule has 0 heterocycles. The quantitative estimate of drug-likeness (QED) is 0.287. The molecule has 16 heavy (non-hydrogen) atoms. The van der Waals surface area contributed by atoms with Crippen LogP contribution in [-0.4, -0.2) is 20.0 Å². The second-order valence-electron chi connectivity index (χ2n) is 4.01. The van der Waals surface area contributed by atoms with Crippen molar-refractivity contribution in [3.63, 3.8) is 0 Å². The van der Waals surface area contributed by atoms with Gasteiger partial charge in [0.15, 0.2) is 0 Å². The molecule has 0 rings (SSSR count). The molecule has 0 bridgehead atoms. The molecule has 0 radical (unpaired) electrons. The predicted octanol–water partition coefficient (Wildman–Crippen LogP) is 3.75. The summed E-state index contributed by atoms with van der Waals surface area (Å²) in [6.45, 7) is 4.25. The smallest absolute Gasteiger partial charge is 0.146 e. The lowest BCUT2D eigenvalue weighted by Crippen LogP contribution is -2.02. The molecule has 0 aliphatic rings. The van der Waals surface area contributed by atoms with Gasteiger partial charge in [-0.25, -0.2) is 0 Å². The van der Waals surface area contributed by atoms with E-state index < -0.39 is 0 Å².